The van der Waals surface area contributed by atoms with Crippen molar-refractivity contribution in [3.63, 3.8) is 0 Å². The lowest BCUT2D eigenvalue weighted by molar-refractivity contribution is 0.104. The normalized spacial score (nSPS) is 34.9. The van der Waals surface area contributed by atoms with Crippen molar-refractivity contribution in [3.05, 3.63) is 0 Å². The predicted molar refractivity (Wildman–Crippen MR) is 61.3 cm³/mol. The summed E-state index contributed by atoms with van der Waals surface area (Å²) in [6.07, 6.45) is 7.52. The summed E-state index contributed by atoms with van der Waals surface area (Å²) in [5.74, 6) is 1.28. The fourth-order valence-electron chi connectivity index (χ4n) is 2.96. The lowest BCUT2D eigenvalue weighted by atomic mass is 9.85. The number of rotatable bonds is 1. The summed E-state index contributed by atoms with van der Waals surface area (Å²) in [6.45, 7) is 4.95. The quantitative estimate of drug-likeness (QED) is 0.659. The van der Waals surface area contributed by atoms with E-state index in [4.69, 9.17) is 5.26 Å². The number of nitrogens with zero attached hydrogens (tertiary/aromatic N) is 2. The SMILES string of the molecule is CC1CCN(C2CCC(C#N)CC2)CC1. The average Bonchev–Trinajstić information content (AvgIpc) is 2.30. The molecule has 0 spiro atoms. The molecule has 2 nitrogen and oxygen atoms in total. The van der Waals surface area contributed by atoms with Crippen LogP contribution in [0.5, 0.6) is 0 Å². The largest absolute Gasteiger partial charge is 0.300 e. The van der Waals surface area contributed by atoms with Crippen LogP contribution >= 0.6 is 0 Å². The van der Waals surface area contributed by atoms with Crippen LogP contribution in [0.25, 0.3) is 0 Å². The monoisotopic (exact) mass is 206 g/mol. The first-order valence-corrected chi connectivity index (χ1v) is 6.43. The van der Waals surface area contributed by atoms with Crippen molar-refractivity contribution in [1.29, 1.82) is 5.26 Å². The zero-order valence-electron chi connectivity index (χ0n) is 9.78. The molecule has 15 heavy (non-hydrogen) atoms. The van der Waals surface area contributed by atoms with E-state index in [2.05, 4.69) is 17.9 Å². The molecule has 0 amide bonds. The molecular weight excluding hydrogens is 184 g/mol. The highest BCUT2D eigenvalue weighted by atomic mass is 15.2. The van der Waals surface area contributed by atoms with E-state index in [1.165, 1.54) is 38.8 Å². The van der Waals surface area contributed by atoms with Gasteiger partial charge in [-0.05, 0) is 57.5 Å². The summed E-state index contributed by atoms with van der Waals surface area (Å²) < 4.78 is 0. The zero-order chi connectivity index (χ0) is 10.7. The van der Waals surface area contributed by atoms with Gasteiger partial charge in [0, 0.05) is 12.0 Å². The number of nitriles is 1. The molecule has 2 aliphatic rings. The number of hydrogen-bond donors (Lipinski definition) is 0. The van der Waals surface area contributed by atoms with Crippen LogP contribution < -0.4 is 0 Å². The van der Waals surface area contributed by atoms with E-state index in [9.17, 15) is 0 Å². The molecular formula is C13H22N2. The Balaban J connectivity index is 1.78. The second-order valence-corrected chi connectivity index (χ2v) is 5.35. The van der Waals surface area contributed by atoms with Crippen molar-refractivity contribution in [1.82, 2.24) is 4.90 Å². The molecule has 1 saturated heterocycles. The second kappa shape index (κ2) is 4.99. The third-order valence-corrected chi connectivity index (χ3v) is 4.21. The van der Waals surface area contributed by atoms with Crippen LogP contribution in [0.1, 0.15) is 45.4 Å². The van der Waals surface area contributed by atoms with Crippen LogP contribution in [0.2, 0.25) is 0 Å². The number of hydrogen-bond acceptors (Lipinski definition) is 2. The van der Waals surface area contributed by atoms with Crippen molar-refractivity contribution in [3.8, 4) is 6.07 Å². The Morgan fingerprint density at radius 3 is 2.13 bits per heavy atom. The van der Waals surface area contributed by atoms with Gasteiger partial charge in [-0.15, -0.1) is 0 Å². The molecule has 2 rings (SSSR count). The van der Waals surface area contributed by atoms with E-state index in [-0.39, 0.29) is 0 Å². The van der Waals surface area contributed by atoms with Gasteiger partial charge in [-0.1, -0.05) is 6.92 Å². The van der Waals surface area contributed by atoms with Gasteiger partial charge >= 0.3 is 0 Å². The minimum absolute atomic E-state index is 0.352. The molecule has 0 aromatic heterocycles. The Hall–Kier alpha value is -0.550. The Labute approximate surface area is 93.3 Å². The van der Waals surface area contributed by atoms with Gasteiger partial charge in [0.2, 0.25) is 0 Å². The van der Waals surface area contributed by atoms with E-state index in [0.29, 0.717) is 5.92 Å². The van der Waals surface area contributed by atoms with Crippen molar-refractivity contribution in [2.75, 3.05) is 13.1 Å². The van der Waals surface area contributed by atoms with Crippen molar-refractivity contribution in [2.45, 2.75) is 51.5 Å². The van der Waals surface area contributed by atoms with Gasteiger partial charge in [-0.3, -0.25) is 0 Å². The van der Waals surface area contributed by atoms with Crippen molar-refractivity contribution < 1.29 is 0 Å². The van der Waals surface area contributed by atoms with Crippen LogP contribution in [0.4, 0.5) is 0 Å². The maximum Gasteiger partial charge on any atom is 0.0655 e. The molecule has 0 radical (unpaired) electrons. The molecule has 1 heterocycles. The first-order chi connectivity index (χ1) is 7.29. The minimum Gasteiger partial charge on any atom is -0.300 e. The summed E-state index contributed by atoms with van der Waals surface area (Å²) in [5, 5.41) is 8.86. The molecule has 0 atom stereocenters. The Morgan fingerprint density at radius 2 is 1.60 bits per heavy atom. The highest BCUT2D eigenvalue weighted by Crippen LogP contribution is 2.29. The van der Waals surface area contributed by atoms with E-state index in [0.717, 1.165) is 24.8 Å². The third kappa shape index (κ3) is 2.72. The second-order valence-electron chi connectivity index (χ2n) is 5.35. The summed E-state index contributed by atoms with van der Waals surface area (Å²) in [4.78, 5) is 2.67. The van der Waals surface area contributed by atoms with Crippen molar-refractivity contribution >= 4 is 0 Å². The maximum atomic E-state index is 8.86. The molecule has 1 aliphatic heterocycles. The first-order valence-electron chi connectivity index (χ1n) is 6.43. The number of likely N-dealkylation sites (tertiary alicyclic amines) is 1. The highest BCUT2D eigenvalue weighted by Gasteiger charge is 2.27. The van der Waals surface area contributed by atoms with E-state index in [1.54, 1.807) is 0 Å². The minimum atomic E-state index is 0.352. The Kier molecular flexibility index (Phi) is 3.64. The summed E-state index contributed by atoms with van der Waals surface area (Å²) in [6, 6.07) is 3.21. The van der Waals surface area contributed by atoms with Crippen LogP contribution in [-0.2, 0) is 0 Å². The molecule has 0 aromatic carbocycles. The van der Waals surface area contributed by atoms with Crippen LogP contribution in [0.3, 0.4) is 0 Å². The predicted octanol–water partition coefficient (Wildman–Crippen LogP) is 2.80. The first kappa shape index (κ1) is 11.0. The van der Waals surface area contributed by atoms with Crippen LogP contribution in [-0.4, -0.2) is 24.0 Å². The fourth-order valence-corrected chi connectivity index (χ4v) is 2.96. The van der Waals surface area contributed by atoms with Gasteiger partial charge in [0.1, 0.15) is 0 Å². The van der Waals surface area contributed by atoms with Gasteiger partial charge in [0.15, 0.2) is 0 Å². The van der Waals surface area contributed by atoms with E-state index >= 15 is 0 Å². The maximum absolute atomic E-state index is 8.86. The van der Waals surface area contributed by atoms with E-state index in [1.807, 2.05) is 0 Å². The Bertz CT molecular complexity index is 227. The van der Waals surface area contributed by atoms with Gasteiger partial charge < -0.3 is 4.90 Å². The van der Waals surface area contributed by atoms with Crippen LogP contribution in [0, 0.1) is 23.2 Å². The molecule has 2 heteroatoms. The third-order valence-electron chi connectivity index (χ3n) is 4.21. The summed E-state index contributed by atoms with van der Waals surface area (Å²) in [5.41, 5.74) is 0. The van der Waals surface area contributed by atoms with E-state index < -0.39 is 0 Å². The van der Waals surface area contributed by atoms with Crippen LogP contribution in [0.15, 0.2) is 0 Å². The summed E-state index contributed by atoms with van der Waals surface area (Å²) >= 11 is 0. The standard InChI is InChI=1S/C13H22N2/c1-11-6-8-15(9-7-11)13-4-2-12(10-14)3-5-13/h11-13H,2-9H2,1H3. The fraction of sp³-hybridized carbons (Fsp3) is 0.923. The molecule has 1 saturated carbocycles. The van der Waals surface area contributed by atoms with Gasteiger partial charge in [-0.2, -0.15) is 5.26 Å². The lowest BCUT2D eigenvalue weighted by Gasteiger charge is -2.39. The highest BCUT2D eigenvalue weighted by molar-refractivity contribution is 4.90. The molecule has 0 aromatic rings. The number of piperidine rings is 1. The summed E-state index contributed by atoms with van der Waals surface area (Å²) in [7, 11) is 0. The zero-order valence-corrected chi connectivity index (χ0v) is 9.78. The topological polar surface area (TPSA) is 27.0 Å². The average molecular weight is 206 g/mol. The molecule has 0 bridgehead atoms. The van der Waals surface area contributed by atoms with Gasteiger partial charge in [-0.25, -0.2) is 0 Å². The molecule has 0 unspecified atom stereocenters. The smallest absolute Gasteiger partial charge is 0.0655 e. The molecule has 0 N–H and O–H groups in total. The van der Waals surface area contributed by atoms with Gasteiger partial charge in [0.25, 0.3) is 0 Å². The molecule has 84 valence electrons. The molecule has 1 aliphatic carbocycles. The lowest BCUT2D eigenvalue weighted by Crippen LogP contribution is -2.42. The molecule has 2 fully saturated rings. The van der Waals surface area contributed by atoms with Gasteiger partial charge in [0.05, 0.1) is 6.07 Å². The van der Waals surface area contributed by atoms with Crippen molar-refractivity contribution in [2.24, 2.45) is 11.8 Å². The Morgan fingerprint density at radius 1 is 1.00 bits per heavy atom.